The molecule has 272 valence electrons. The van der Waals surface area contributed by atoms with Gasteiger partial charge in [0, 0.05) is 9.79 Å². The summed E-state index contributed by atoms with van der Waals surface area (Å²) in [6.45, 7) is 12.1. The van der Waals surface area contributed by atoms with Gasteiger partial charge in [-0.25, -0.2) is 0 Å². The largest absolute Gasteiger partial charge is 0.192 e. The third kappa shape index (κ3) is 7.16. The molecule has 6 aromatic carbocycles. The van der Waals surface area contributed by atoms with Crippen molar-refractivity contribution < 1.29 is 0 Å². The molecule has 0 N–H and O–H groups in total. The summed E-state index contributed by atoms with van der Waals surface area (Å²) in [5, 5.41) is 39.8. The lowest BCUT2D eigenvalue weighted by Gasteiger charge is -2.38. The van der Waals surface area contributed by atoms with E-state index in [1.165, 1.54) is 0 Å². The van der Waals surface area contributed by atoms with E-state index in [4.69, 9.17) is 0 Å². The standard InChI is InChI=1S/C48H42N4S3/c1-31-9-13-43(23-37(31)27-49)54(7,44-14-10-32(2)38(24-44)28-50)41-17-19-47(35(5)21-41)53-48-20-18-42(22-36(48)6)55(8,45-15-11-33(3)39(25-45)29-51)46-16-12-34(4)40(26-46)30-52/h9-26H,1-8H3. The van der Waals surface area contributed by atoms with Gasteiger partial charge in [-0.05, 0) is 202 Å². The number of aryl methyl sites for hydroxylation is 6. The summed E-state index contributed by atoms with van der Waals surface area (Å²) >= 11 is 1.74. The predicted octanol–water partition coefficient (Wildman–Crippen LogP) is 13.0. The van der Waals surface area contributed by atoms with Gasteiger partial charge < -0.3 is 0 Å². The Labute approximate surface area is 333 Å². The topological polar surface area (TPSA) is 95.2 Å². The van der Waals surface area contributed by atoms with Crippen LogP contribution >= 0.6 is 31.8 Å². The summed E-state index contributed by atoms with van der Waals surface area (Å²) in [5.41, 5.74) is 8.69. The molecule has 6 rings (SSSR count). The molecule has 0 saturated carbocycles. The molecule has 4 nitrogen and oxygen atoms in total. The van der Waals surface area contributed by atoms with Gasteiger partial charge in [-0.1, -0.05) is 36.0 Å². The number of nitrogens with zero attached hydrogens (tertiary/aromatic N) is 4. The predicted molar refractivity (Wildman–Crippen MR) is 227 cm³/mol. The van der Waals surface area contributed by atoms with Gasteiger partial charge in [-0.2, -0.15) is 41.1 Å². The molecule has 0 atom stereocenters. The highest BCUT2D eigenvalue weighted by Crippen LogP contribution is 2.67. The van der Waals surface area contributed by atoms with E-state index < -0.39 is 20.1 Å². The first-order valence-electron chi connectivity index (χ1n) is 17.8. The number of rotatable bonds is 8. The van der Waals surface area contributed by atoms with Crippen molar-refractivity contribution in [3.63, 3.8) is 0 Å². The number of hydrogen-bond acceptors (Lipinski definition) is 5. The second kappa shape index (κ2) is 15.6. The van der Waals surface area contributed by atoms with Crippen molar-refractivity contribution in [2.45, 2.75) is 80.7 Å². The lowest BCUT2D eigenvalue weighted by atomic mass is 10.1. The lowest BCUT2D eigenvalue weighted by Crippen LogP contribution is -2.04. The van der Waals surface area contributed by atoms with Crippen molar-refractivity contribution in [1.29, 1.82) is 21.0 Å². The summed E-state index contributed by atoms with van der Waals surface area (Å²) in [7, 11) is -3.67. The highest BCUT2D eigenvalue weighted by molar-refractivity contribution is 8.33. The lowest BCUT2D eigenvalue weighted by molar-refractivity contribution is 1.18. The van der Waals surface area contributed by atoms with Crippen molar-refractivity contribution >= 4 is 31.8 Å². The molecule has 0 saturated heterocycles. The molecule has 0 unspecified atom stereocenters. The molecule has 55 heavy (non-hydrogen) atoms. The maximum absolute atomic E-state index is 9.94. The normalized spacial score (nSPS) is 11.9. The molecule has 7 heteroatoms. The fourth-order valence-corrected chi connectivity index (χ4v) is 13.7. The molecule has 0 spiro atoms. The van der Waals surface area contributed by atoms with Crippen molar-refractivity contribution in [3.8, 4) is 24.3 Å². The van der Waals surface area contributed by atoms with E-state index >= 15 is 0 Å². The minimum atomic E-state index is -1.83. The molecule has 0 heterocycles. The second-order valence-corrected chi connectivity index (χ2v) is 21.7. The van der Waals surface area contributed by atoms with Gasteiger partial charge in [0.15, 0.2) is 0 Å². The first-order chi connectivity index (χ1) is 26.3. The van der Waals surface area contributed by atoms with E-state index in [9.17, 15) is 21.0 Å². The summed E-state index contributed by atoms with van der Waals surface area (Å²) in [5.74, 6) is 0. The van der Waals surface area contributed by atoms with Crippen molar-refractivity contribution in [2.75, 3.05) is 12.5 Å². The van der Waals surface area contributed by atoms with E-state index in [2.05, 4.69) is 111 Å². The van der Waals surface area contributed by atoms with Gasteiger partial charge in [0.1, 0.15) is 0 Å². The van der Waals surface area contributed by atoms with Crippen LogP contribution in [-0.2, 0) is 0 Å². The minimum Gasteiger partial charge on any atom is -0.192 e. The molecular weight excluding hydrogens is 729 g/mol. The fourth-order valence-electron chi connectivity index (χ4n) is 6.82. The summed E-state index contributed by atoms with van der Waals surface area (Å²) in [4.78, 5) is 8.91. The van der Waals surface area contributed by atoms with Crippen LogP contribution in [0, 0.1) is 86.9 Å². The Balaban J connectivity index is 1.42. The summed E-state index contributed by atoms with van der Waals surface area (Å²) < 4.78 is 0. The summed E-state index contributed by atoms with van der Waals surface area (Å²) in [6, 6.07) is 47.6. The van der Waals surface area contributed by atoms with Crippen molar-refractivity contribution in [3.05, 3.63) is 165 Å². The van der Waals surface area contributed by atoms with E-state index in [-0.39, 0.29) is 0 Å². The number of benzene rings is 6. The zero-order chi connectivity index (χ0) is 39.7. The molecule has 0 amide bonds. The van der Waals surface area contributed by atoms with E-state index in [1.807, 2.05) is 76.2 Å². The van der Waals surface area contributed by atoms with E-state index in [1.54, 1.807) is 11.8 Å². The van der Waals surface area contributed by atoms with Gasteiger partial charge in [-0.3, -0.25) is 0 Å². The first-order valence-corrected chi connectivity index (χ1v) is 22.7. The van der Waals surface area contributed by atoms with Crippen LogP contribution in [0.4, 0.5) is 0 Å². The second-order valence-electron chi connectivity index (χ2n) is 14.1. The minimum absolute atomic E-state index is 0.658. The van der Waals surface area contributed by atoms with Gasteiger partial charge in [0.05, 0.1) is 46.5 Å². The Hall–Kier alpha value is -5.67. The Kier molecular flexibility index (Phi) is 11.1. The van der Waals surface area contributed by atoms with Gasteiger partial charge in [-0.15, -0.1) is 0 Å². The van der Waals surface area contributed by atoms with Crippen LogP contribution in [-0.4, -0.2) is 12.5 Å². The number of hydrogen-bond donors (Lipinski definition) is 0. The third-order valence-corrected chi connectivity index (χ3v) is 19.2. The quantitative estimate of drug-likeness (QED) is 0.154. The van der Waals surface area contributed by atoms with Crippen molar-refractivity contribution in [2.24, 2.45) is 0 Å². The van der Waals surface area contributed by atoms with Crippen LogP contribution in [0.1, 0.15) is 55.6 Å². The smallest absolute Gasteiger partial charge is 0.0994 e. The Bertz CT molecular complexity index is 2370. The van der Waals surface area contributed by atoms with Crippen LogP contribution in [0.5, 0.6) is 0 Å². The molecule has 0 aromatic heterocycles. The zero-order valence-corrected chi connectivity index (χ0v) is 34.9. The maximum Gasteiger partial charge on any atom is 0.0994 e. The van der Waals surface area contributed by atoms with Gasteiger partial charge in [0.25, 0.3) is 0 Å². The molecule has 0 fully saturated rings. The molecule has 0 aliphatic rings. The Morgan fingerprint density at radius 2 is 0.582 bits per heavy atom. The first kappa shape index (κ1) is 39.0. The van der Waals surface area contributed by atoms with E-state index in [0.717, 1.165) is 72.5 Å². The SMILES string of the molecule is Cc1ccc(S(C)(c2ccc(Sc3ccc(S(C)(c4ccc(C)c(C#N)c4)c4ccc(C)c(C#N)c4)cc3C)c(C)c2)c2ccc(C)c(C#N)c2)cc1C#N. The Morgan fingerprint density at radius 3 is 0.818 bits per heavy atom. The number of nitriles is 4. The van der Waals surface area contributed by atoms with Crippen LogP contribution < -0.4 is 0 Å². The monoisotopic (exact) mass is 770 g/mol. The van der Waals surface area contributed by atoms with Crippen LogP contribution in [0.3, 0.4) is 0 Å². The summed E-state index contributed by atoms with van der Waals surface area (Å²) in [6.07, 6.45) is 4.52. The Morgan fingerprint density at radius 1 is 0.345 bits per heavy atom. The highest BCUT2D eigenvalue weighted by Gasteiger charge is 2.30. The molecule has 0 aliphatic carbocycles. The average molecular weight is 771 g/mol. The third-order valence-electron chi connectivity index (χ3n) is 10.7. The maximum atomic E-state index is 9.94. The van der Waals surface area contributed by atoms with Crippen LogP contribution in [0.15, 0.2) is 148 Å². The van der Waals surface area contributed by atoms with Gasteiger partial charge in [0.2, 0.25) is 0 Å². The highest BCUT2D eigenvalue weighted by atomic mass is 32.3. The van der Waals surface area contributed by atoms with Crippen LogP contribution in [0.2, 0.25) is 0 Å². The average Bonchev–Trinajstić information content (AvgIpc) is 3.19. The fraction of sp³-hybridized carbons (Fsp3) is 0.167. The molecule has 6 aromatic rings. The molecule has 0 aliphatic heterocycles. The molecule has 0 radical (unpaired) electrons. The zero-order valence-electron chi connectivity index (χ0n) is 32.4. The van der Waals surface area contributed by atoms with Crippen LogP contribution in [0.25, 0.3) is 0 Å². The molecular formula is C48H42N4S3. The van der Waals surface area contributed by atoms with E-state index in [0.29, 0.717) is 22.3 Å². The van der Waals surface area contributed by atoms with Gasteiger partial charge >= 0.3 is 0 Å². The van der Waals surface area contributed by atoms with Crippen molar-refractivity contribution in [1.82, 2.24) is 0 Å². The molecule has 0 bridgehead atoms.